The van der Waals surface area contributed by atoms with Crippen LogP contribution in [0.15, 0.2) is 36.5 Å². The lowest BCUT2D eigenvalue weighted by atomic mass is 9.62. The minimum Gasteiger partial charge on any atom is -0.365 e. The zero-order chi connectivity index (χ0) is 25.0. The lowest BCUT2D eigenvalue weighted by Crippen LogP contribution is -2.49. The summed E-state index contributed by atoms with van der Waals surface area (Å²) in [5.41, 5.74) is 4.07. The second-order valence-electron chi connectivity index (χ2n) is 9.81. The lowest BCUT2D eigenvalue weighted by molar-refractivity contribution is -0.142. The van der Waals surface area contributed by atoms with E-state index >= 15 is 0 Å². The summed E-state index contributed by atoms with van der Waals surface area (Å²) in [4.78, 5) is 45.2. The van der Waals surface area contributed by atoms with Crippen LogP contribution in [0, 0.1) is 31.1 Å². The number of rotatable bonds is 5. The first-order valence-electron chi connectivity index (χ1n) is 12.2. The molecule has 2 aromatic rings. The number of carbonyl (C=O) groups excluding carboxylic acids is 3. The van der Waals surface area contributed by atoms with Crippen molar-refractivity contribution >= 4 is 17.5 Å². The average Bonchev–Trinajstić information content (AvgIpc) is 2.81. The third kappa shape index (κ3) is 5.52. The number of carbonyl (C=O) groups is 3. The normalized spacial score (nSPS) is 17.9. The summed E-state index contributed by atoms with van der Waals surface area (Å²) in [5.74, 6) is 5.20. The Morgan fingerprint density at radius 1 is 1.11 bits per heavy atom. The van der Waals surface area contributed by atoms with E-state index in [0.717, 1.165) is 27.9 Å². The number of aromatic nitrogens is 1. The molecule has 1 aromatic heterocycles. The molecule has 0 radical (unpaired) electrons. The third-order valence-corrected chi connectivity index (χ3v) is 7.27. The van der Waals surface area contributed by atoms with E-state index in [2.05, 4.69) is 16.8 Å². The molecule has 2 aliphatic rings. The van der Waals surface area contributed by atoms with Crippen molar-refractivity contribution in [3.05, 3.63) is 64.5 Å². The van der Waals surface area contributed by atoms with E-state index in [0.29, 0.717) is 45.4 Å². The van der Waals surface area contributed by atoms with Crippen LogP contribution in [0.1, 0.15) is 66.5 Å². The molecule has 2 fully saturated rings. The fourth-order valence-corrected chi connectivity index (χ4v) is 5.56. The number of aryl methyl sites for hydroxylation is 2. The standard InChI is InChI=1S/C29H32N2O4/c1-4-7-22-14-20(2)27(21(3)15-22)28-24(32)16-29(17-25(28)33)9-12-31(13-10-29)26(34)19-35-18-23-8-5-6-11-30-23/h5-6,8,11,14-15,28H,9-10,12-13,16-19H2,1-3H3. The van der Waals surface area contributed by atoms with Gasteiger partial charge in [0.2, 0.25) is 5.91 Å². The highest BCUT2D eigenvalue weighted by molar-refractivity contribution is 6.10. The molecule has 1 saturated carbocycles. The van der Waals surface area contributed by atoms with Crippen molar-refractivity contribution in [2.45, 2.75) is 59.0 Å². The molecule has 6 heteroatoms. The molecule has 0 N–H and O–H groups in total. The highest BCUT2D eigenvalue weighted by Gasteiger charge is 2.47. The first-order valence-corrected chi connectivity index (χ1v) is 12.2. The quantitative estimate of drug-likeness (QED) is 0.487. The lowest BCUT2D eigenvalue weighted by Gasteiger charge is -2.44. The molecule has 0 unspecified atom stereocenters. The van der Waals surface area contributed by atoms with E-state index < -0.39 is 5.92 Å². The van der Waals surface area contributed by atoms with Crippen molar-refractivity contribution in [3.63, 3.8) is 0 Å². The highest BCUT2D eigenvalue weighted by atomic mass is 16.5. The van der Waals surface area contributed by atoms with E-state index in [-0.39, 0.29) is 29.5 Å². The fourth-order valence-electron chi connectivity index (χ4n) is 5.56. The van der Waals surface area contributed by atoms with E-state index in [1.165, 1.54) is 0 Å². The van der Waals surface area contributed by atoms with Crippen molar-refractivity contribution in [2.75, 3.05) is 19.7 Å². The Hall–Kier alpha value is -3.30. The maximum atomic E-state index is 13.3. The molecule has 1 amide bonds. The number of hydrogen-bond acceptors (Lipinski definition) is 5. The molecule has 2 heterocycles. The van der Waals surface area contributed by atoms with Gasteiger partial charge < -0.3 is 9.64 Å². The average molecular weight is 473 g/mol. The molecule has 0 atom stereocenters. The van der Waals surface area contributed by atoms with Crippen molar-refractivity contribution in [2.24, 2.45) is 5.41 Å². The van der Waals surface area contributed by atoms with Crippen LogP contribution < -0.4 is 0 Å². The Kier molecular flexibility index (Phi) is 7.47. The smallest absolute Gasteiger partial charge is 0.248 e. The maximum absolute atomic E-state index is 13.3. The summed E-state index contributed by atoms with van der Waals surface area (Å²) in [5, 5.41) is 0. The minimum atomic E-state index is -0.691. The molecular formula is C29H32N2O4. The van der Waals surface area contributed by atoms with Crippen LogP contribution >= 0.6 is 0 Å². The Labute approximate surface area is 207 Å². The first kappa shape index (κ1) is 24.8. The third-order valence-electron chi connectivity index (χ3n) is 7.27. The van der Waals surface area contributed by atoms with E-state index in [9.17, 15) is 14.4 Å². The Morgan fingerprint density at radius 2 is 1.77 bits per heavy atom. The largest absolute Gasteiger partial charge is 0.365 e. The number of benzene rings is 1. The Morgan fingerprint density at radius 3 is 2.34 bits per heavy atom. The Balaban J connectivity index is 1.36. The maximum Gasteiger partial charge on any atom is 0.248 e. The monoisotopic (exact) mass is 472 g/mol. The van der Waals surface area contributed by atoms with Crippen LogP contribution in [0.3, 0.4) is 0 Å². The van der Waals surface area contributed by atoms with Crippen LogP contribution in [-0.2, 0) is 25.7 Å². The second-order valence-corrected chi connectivity index (χ2v) is 9.81. The van der Waals surface area contributed by atoms with Crippen LogP contribution in [0.25, 0.3) is 0 Å². The number of amides is 1. The molecule has 0 bridgehead atoms. The number of Topliss-reactive ketones (excluding diaryl/α,β-unsaturated/α-hetero) is 2. The van der Waals surface area contributed by atoms with Crippen molar-refractivity contribution in [1.29, 1.82) is 0 Å². The Bertz CT molecular complexity index is 1140. The minimum absolute atomic E-state index is 0.000228. The summed E-state index contributed by atoms with van der Waals surface area (Å²) >= 11 is 0. The van der Waals surface area contributed by atoms with Gasteiger partial charge in [-0.2, -0.15) is 0 Å². The van der Waals surface area contributed by atoms with E-state index in [4.69, 9.17) is 4.74 Å². The van der Waals surface area contributed by atoms with Gasteiger partial charge in [0.15, 0.2) is 0 Å². The molecule has 1 aromatic carbocycles. The van der Waals surface area contributed by atoms with Crippen LogP contribution in [0.2, 0.25) is 0 Å². The van der Waals surface area contributed by atoms with Crippen molar-refractivity contribution < 1.29 is 19.1 Å². The topological polar surface area (TPSA) is 76.6 Å². The van der Waals surface area contributed by atoms with Gasteiger partial charge >= 0.3 is 0 Å². The predicted octanol–water partition coefficient (Wildman–Crippen LogP) is 3.91. The number of piperidine rings is 1. The molecule has 1 aliphatic carbocycles. The zero-order valence-electron chi connectivity index (χ0n) is 20.7. The number of ether oxygens (including phenoxy) is 1. The number of pyridine rings is 1. The van der Waals surface area contributed by atoms with E-state index in [1.54, 1.807) is 18.0 Å². The highest BCUT2D eigenvalue weighted by Crippen LogP contribution is 2.46. The SMILES string of the molecule is CC#Cc1cc(C)c(C2C(=O)CC3(CCN(C(=O)COCc4ccccn4)CC3)CC2=O)c(C)c1. The summed E-state index contributed by atoms with van der Waals surface area (Å²) < 4.78 is 5.54. The molecule has 4 rings (SSSR count). The van der Waals surface area contributed by atoms with Gasteiger partial charge in [0.1, 0.15) is 24.1 Å². The van der Waals surface area contributed by atoms with Crippen LogP contribution in [0.5, 0.6) is 0 Å². The summed E-state index contributed by atoms with van der Waals surface area (Å²) in [6.45, 7) is 7.07. The van der Waals surface area contributed by atoms with Crippen molar-refractivity contribution in [3.8, 4) is 11.8 Å². The summed E-state index contributed by atoms with van der Waals surface area (Å²) in [7, 11) is 0. The predicted molar refractivity (Wildman–Crippen MR) is 133 cm³/mol. The number of nitrogens with zero attached hydrogens (tertiary/aromatic N) is 2. The van der Waals surface area contributed by atoms with Gasteiger partial charge in [-0.15, -0.1) is 5.92 Å². The fraction of sp³-hybridized carbons (Fsp3) is 0.448. The van der Waals surface area contributed by atoms with Gasteiger partial charge in [0.05, 0.1) is 12.3 Å². The van der Waals surface area contributed by atoms with Crippen LogP contribution in [0.4, 0.5) is 0 Å². The number of ketones is 2. The molecule has 1 saturated heterocycles. The molecule has 1 spiro atoms. The molecule has 6 nitrogen and oxygen atoms in total. The van der Waals surface area contributed by atoms with Gasteiger partial charge in [-0.05, 0) is 80.0 Å². The van der Waals surface area contributed by atoms with Gasteiger partial charge in [-0.25, -0.2) is 0 Å². The number of likely N-dealkylation sites (tertiary alicyclic amines) is 1. The molecular weight excluding hydrogens is 440 g/mol. The van der Waals surface area contributed by atoms with Gasteiger partial charge in [0.25, 0.3) is 0 Å². The van der Waals surface area contributed by atoms with Crippen molar-refractivity contribution in [1.82, 2.24) is 9.88 Å². The van der Waals surface area contributed by atoms with Gasteiger partial charge in [0, 0.05) is 37.7 Å². The van der Waals surface area contributed by atoms with Gasteiger partial charge in [-0.3, -0.25) is 19.4 Å². The first-order chi connectivity index (χ1) is 16.8. The molecule has 182 valence electrons. The number of hydrogen-bond donors (Lipinski definition) is 0. The van der Waals surface area contributed by atoms with Crippen LogP contribution in [-0.4, -0.2) is 47.1 Å². The summed E-state index contributed by atoms with van der Waals surface area (Å²) in [6, 6.07) is 9.50. The summed E-state index contributed by atoms with van der Waals surface area (Å²) in [6.07, 6.45) is 3.78. The molecule has 35 heavy (non-hydrogen) atoms. The van der Waals surface area contributed by atoms with E-state index in [1.807, 2.05) is 44.2 Å². The molecule has 1 aliphatic heterocycles. The zero-order valence-corrected chi connectivity index (χ0v) is 20.7. The van der Waals surface area contributed by atoms with Gasteiger partial charge in [-0.1, -0.05) is 12.0 Å². The second kappa shape index (κ2) is 10.5.